The van der Waals surface area contributed by atoms with Gasteiger partial charge in [0, 0.05) is 19.1 Å². The van der Waals surface area contributed by atoms with E-state index in [0.29, 0.717) is 24.8 Å². The fourth-order valence-electron chi connectivity index (χ4n) is 3.58. The molecule has 0 saturated carbocycles. The van der Waals surface area contributed by atoms with Gasteiger partial charge in [0.15, 0.2) is 0 Å². The van der Waals surface area contributed by atoms with Crippen LogP contribution in [-0.4, -0.2) is 59.4 Å². The normalized spacial score (nSPS) is 26.5. The van der Waals surface area contributed by atoms with E-state index in [1.165, 1.54) is 0 Å². The number of carbonyl (C=O) groups excluding carboxylic acids is 2. The highest BCUT2D eigenvalue weighted by Crippen LogP contribution is 2.25. The standard InChI is InChI=1S/C16H29N3O2/c1-5-16(6-2)15(21)19(11-14(20)17-16)10-13-7-8-18(9-13)12(3)4/h12-13H,5-11H2,1-4H3,(H,17,20). The van der Waals surface area contributed by atoms with Crippen LogP contribution in [0.25, 0.3) is 0 Å². The summed E-state index contributed by atoms with van der Waals surface area (Å²) >= 11 is 0. The fourth-order valence-corrected chi connectivity index (χ4v) is 3.58. The molecule has 120 valence electrons. The third kappa shape index (κ3) is 3.23. The molecule has 5 heteroatoms. The van der Waals surface area contributed by atoms with Crippen molar-refractivity contribution in [2.75, 3.05) is 26.2 Å². The molecule has 0 aromatic heterocycles. The van der Waals surface area contributed by atoms with Gasteiger partial charge < -0.3 is 15.1 Å². The summed E-state index contributed by atoms with van der Waals surface area (Å²) in [5.41, 5.74) is -0.675. The Labute approximate surface area is 128 Å². The van der Waals surface area contributed by atoms with Crippen LogP contribution in [0.3, 0.4) is 0 Å². The predicted octanol–water partition coefficient (Wildman–Crippen LogP) is 1.23. The lowest BCUT2D eigenvalue weighted by Gasteiger charge is -2.42. The van der Waals surface area contributed by atoms with Crippen molar-refractivity contribution < 1.29 is 9.59 Å². The van der Waals surface area contributed by atoms with E-state index in [1.54, 1.807) is 4.90 Å². The Balaban J connectivity index is 2.02. The molecule has 0 spiro atoms. The van der Waals surface area contributed by atoms with E-state index in [-0.39, 0.29) is 18.4 Å². The predicted molar refractivity (Wildman–Crippen MR) is 82.9 cm³/mol. The van der Waals surface area contributed by atoms with Crippen molar-refractivity contribution in [1.82, 2.24) is 15.1 Å². The molecule has 0 radical (unpaired) electrons. The maximum atomic E-state index is 12.8. The van der Waals surface area contributed by atoms with Gasteiger partial charge in [-0.15, -0.1) is 0 Å². The quantitative estimate of drug-likeness (QED) is 0.830. The molecule has 0 aromatic rings. The highest BCUT2D eigenvalue weighted by Gasteiger charge is 2.44. The lowest BCUT2D eigenvalue weighted by Crippen LogP contribution is -2.66. The largest absolute Gasteiger partial charge is 0.340 e. The Bertz CT molecular complexity index is 404. The van der Waals surface area contributed by atoms with Gasteiger partial charge in [0.25, 0.3) is 0 Å². The molecule has 1 atom stereocenters. The van der Waals surface area contributed by atoms with Crippen LogP contribution in [0.1, 0.15) is 47.0 Å². The van der Waals surface area contributed by atoms with Gasteiger partial charge in [0.1, 0.15) is 5.54 Å². The van der Waals surface area contributed by atoms with Crippen LogP contribution in [0.15, 0.2) is 0 Å². The molecule has 2 aliphatic heterocycles. The lowest BCUT2D eigenvalue weighted by molar-refractivity contribution is -0.151. The molecule has 0 bridgehead atoms. The van der Waals surface area contributed by atoms with Crippen LogP contribution >= 0.6 is 0 Å². The van der Waals surface area contributed by atoms with Gasteiger partial charge in [-0.05, 0) is 45.6 Å². The van der Waals surface area contributed by atoms with Gasteiger partial charge in [-0.3, -0.25) is 9.59 Å². The van der Waals surface area contributed by atoms with Gasteiger partial charge in [0.2, 0.25) is 11.8 Å². The minimum Gasteiger partial charge on any atom is -0.340 e. The van der Waals surface area contributed by atoms with Crippen LogP contribution < -0.4 is 5.32 Å². The Hall–Kier alpha value is -1.10. The second kappa shape index (κ2) is 6.34. The first-order valence-corrected chi connectivity index (χ1v) is 8.26. The number of carbonyl (C=O) groups is 2. The first-order chi connectivity index (χ1) is 9.91. The molecule has 5 nitrogen and oxygen atoms in total. The van der Waals surface area contributed by atoms with E-state index >= 15 is 0 Å². The molecule has 2 aliphatic rings. The first kappa shape index (κ1) is 16.3. The Kier molecular flexibility index (Phi) is 4.91. The average Bonchev–Trinajstić information content (AvgIpc) is 2.91. The van der Waals surface area contributed by atoms with Crippen molar-refractivity contribution in [3.8, 4) is 0 Å². The molecule has 2 rings (SSSR count). The van der Waals surface area contributed by atoms with E-state index in [1.807, 2.05) is 13.8 Å². The number of nitrogens with zero attached hydrogens (tertiary/aromatic N) is 2. The molecule has 2 amide bonds. The topological polar surface area (TPSA) is 52.7 Å². The molecule has 1 N–H and O–H groups in total. The van der Waals surface area contributed by atoms with Gasteiger partial charge in [0.05, 0.1) is 6.54 Å². The number of piperazine rings is 1. The fraction of sp³-hybridized carbons (Fsp3) is 0.875. The van der Waals surface area contributed by atoms with Crippen LogP contribution in [0.5, 0.6) is 0 Å². The smallest absolute Gasteiger partial charge is 0.248 e. The summed E-state index contributed by atoms with van der Waals surface area (Å²) in [5, 5.41) is 2.92. The van der Waals surface area contributed by atoms with Gasteiger partial charge in [-0.25, -0.2) is 0 Å². The number of amides is 2. The molecule has 2 saturated heterocycles. The van der Waals surface area contributed by atoms with Gasteiger partial charge in [-0.2, -0.15) is 0 Å². The number of likely N-dealkylation sites (tertiary alicyclic amines) is 1. The molecule has 1 unspecified atom stereocenters. The summed E-state index contributed by atoms with van der Waals surface area (Å²) in [5.74, 6) is 0.584. The highest BCUT2D eigenvalue weighted by molar-refractivity contribution is 5.97. The van der Waals surface area contributed by atoms with Crippen molar-refractivity contribution in [2.24, 2.45) is 5.92 Å². The first-order valence-electron chi connectivity index (χ1n) is 8.26. The van der Waals surface area contributed by atoms with Crippen molar-refractivity contribution >= 4 is 11.8 Å². The summed E-state index contributed by atoms with van der Waals surface area (Å²) in [4.78, 5) is 29.0. The molecule has 0 aromatic carbocycles. The minimum absolute atomic E-state index is 0.0167. The van der Waals surface area contributed by atoms with E-state index in [4.69, 9.17) is 0 Å². The molecule has 0 aliphatic carbocycles. The van der Waals surface area contributed by atoms with Crippen molar-refractivity contribution in [1.29, 1.82) is 0 Å². The number of hydrogen-bond donors (Lipinski definition) is 1. The Morgan fingerprint density at radius 3 is 2.48 bits per heavy atom. The Morgan fingerprint density at radius 2 is 1.95 bits per heavy atom. The molecule has 21 heavy (non-hydrogen) atoms. The zero-order valence-electron chi connectivity index (χ0n) is 13.8. The summed E-state index contributed by atoms with van der Waals surface area (Å²) < 4.78 is 0. The van der Waals surface area contributed by atoms with Crippen LogP contribution in [-0.2, 0) is 9.59 Å². The summed E-state index contributed by atoms with van der Waals surface area (Å²) in [6.45, 7) is 11.4. The number of nitrogens with one attached hydrogen (secondary N) is 1. The minimum atomic E-state index is -0.675. The van der Waals surface area contributed by atoms with E-state index in [2.05, 4.69) is 24.1 Å². The van der Waals surface area contributed by atoms with Crippen LogP contribution in [0, 0.1) is 5.92 Å². The van der Waals surface area contributed by atoms with Gasteiger partial charge >= 0.3 is 0 Å². The zero-order chi connectivity index (χ0) is 15.6. The summed E-state index contributed by atoms with van der Waals surface area (Å²) in [6, 6.07) is 0.556. The van der Waals surface area contributed by atoms with E-state index in [9.17, 15) is 9.59 Å². The van der Waals surface area contributed by atoms with Crippen LogP contribution in [0.4, 0.5) is 0 Å². The lowest BCUT2D eigenvalue weighted by atomic mass is 9.88. The maximum absolute atomic E-state index is 12.8. The third-order valence-electron chi connectivity index (χ3n) is 5.14. The maximum Gasteiger partial charge on any atom is 0.248 e. The summed E-state index contributed by atoms with van der Waals surface area (Å²) in [7, 11) is 0. The van der Waals surface area contributed by atoms with Crippen LogP contribution in [0.2, 0.25) is 0 Å². The molecular weight excluding hydrogens is 266 g/mol. The molecule has 2 fully saturated rings. The second-order valence-corrected chi connectivity index (χ2v) is 6.77. The molecular formula is C16H29N3O2. The Morgan fingerprint density at radius 1 is 1.29 bits per heavy atom. The SMILES string of the molecule is CCC1(CC)NC(=O)CN(CC2CCN(C(C)C)C2)C1=O. The van der Waals surface area contributed by atoms with Crippen molar-refractivity contribution in [3.05, 3.63) is 0 Å². The zero-order valence-corrected chi connectivity index (χ0v) is 13.8. The third-order valence-corrected chi connectivity index (χ3v) is 5.14. The second-order valence-electron chi connectivity index (χ2n) is 6.77. The molecule has 2 heterocycles. The number of hydrogen-bond acceptors (Lipinski definition) is 3. The number of rotatable bonds is 5. The van der Waals surface area contributed by atoms with Crippen molar-refractivity contribution in [2.45, 2.75) is 58.5 Å². The van der Waals surface area contributed by atoms with E-state index in [0.717, 1.165) is 26.1 Å². The van der Waals surface area contributed by atoms with Gasteiger partial charge in [-0.1, -0.05) is 13.8 Å². The summed E-state index contributed by atoms with van der Waals surface area (Å²) in [6.07, 6.45) is 2.44. The monoisotopic (exact) mass is 295 g/mol. The highest BCUT2D eigenvalue weighted by atomic mass is 16.2. The van der Waals surface area contributed by atoms with Crippen molar-refractivity contribution in [3.63, 3.8) is 0 Å². The average molecular weight is 295 g/mol. The van der Waals surface area contributed by atoms with E-state index < -0.39 is 5.54 Å².